The Balaban J connectivity index is 0.000000160. The van der Waals surface area contributed by atoms with Crippen LogP contribution in [0.3, 0.4) is 0 Å². The van der Waals surface area contributed by atoms with Crippen molar-refractivity contribution in [2.75, 3.05) is 19.8 Å². The summed E-state index contributed by atoms with van der Waals surface area (Å²) in [5, 5.41) is 0. The smallest absolute Gasteiger partial charge is 0.344 e. The third-order valence-corrected chi connectivity index (χ3v) is 1.99. The number of hydrogen-bond donors (Lipinski definition) is 0. The van der Waals surface area contributed by atoms with Crippen molar-refractivity contribution >= 4 is 17.9 Å². The van der Waals surface area contributed by atoms with Crippen molar-refractivity contribution in [1.29, 1.82) is 0 Å². The van der Waals surface area contributed by atoms with Gasteiger partial charge in [0, 0.05) is 6.42 Å². The van der Waals surface area contributed by atoms with E-state index in [1.165, 1.54) is 0 Å². The number of rotatable bonds is 0. The van der Waals surface area contributed by atoms with Gasteiger partial charge in [0.2, 0.25) is 0 Å². The molecule has 0 atom stereocenters. The van der Waals surface area contributed by atoms with Crippen LogP contribution in [0.2, 0.25) is 0 Å². The molecule has 2 heterocycles. The summed E-state index contributed by atoms with van der Waals surface area (Å²) in [5.41, 5.74) is 0. The fraction of sp³-hybridized carbons (Fsp3) is 0.700. The molecule has 0 aliphatic carbocycles. The van der Waals surface area contributed by atoms with Crippen LogP contribution in [0.25, 0.3) is 0 Å². The standard InChI is InChI=1S/C6H10O2.C4H4O4/c7-6-4-2-1-3-5-8-6;5-3-1-7-4(6)2-8-3/h1-5H2;1-2H2. The lowest BCUT2D eigenvalue weighted by atomic mass is 10.2. The predicted octanol–water partition coefficient (Wildman–Crippen LogP) is 0.190. The second kappa shape index (κ2) is 6.81. The van der Waals surface area contributed by atoms with Gasteiger partial charge in [-0.15, -0.1) is 0 Å². The van der Waals surface area contributed by atoms with Crippen LogP contribution >= 0.6 is 0 Å². The summed E-state index contributed by atoms with van der Waals surface area (Å²) in [6, 6.07) is 0. The van der Waals surface area contributed by atoms with Gasteiger partial charge in [0.15, 0.2) is 13.2 Å². The van der Waals surface area contributed by atoms with Crippen molar-refractivity contribution in [3.63, 3.8) is 0 Å². The molecule has 0 unspecified atom stereocenters. The van der Waals surface area contributed by atoms with Gasteiger partial charge in [0.1, 0.15) is 0 Å². The fourth-order valence-electron chi connectivity index (χ4n) is 1.17. The minimum atomic E-state index is -0.482. The molecule has 2 aliphatic rings. The first-order valence-corrected chi connectivity index (χ1v) is 5.15. The molecule has 2 saturated heterocycles. The normalized spacial score (nSPS) is 20.6. The first kappa shape index (κ1) is 12.5. The Labute approximate surface area is 92.8 Å². The van der Waals surface area contributed by atoms with Crippen molar-refractivity contribution in [2.24, 2.45) is 0 Å². The molecule has 6 nitrogen and oxygen atoms in total. The van der Waals surface area contributed by atoms with Crippen LogP contribution in [0.5, 0.6) is 0 Å². The SMILES string of the molecule is O=C1CCCCCO1.O=C1COC(=O)CO1. The molecule has 16 heavy (non-hydrogen) atoms. The highest BCUT2D eigenvalue weighted by molar-refractivity contribution is 5.82. The Hall–Kier alpha value is -1.59. The first-order valence-electron chi connectivity index (χ1n) is 5.15. The highest BCUT2D eigenvalue weighted by Gasteiger charge is 2.16. The third kappa shape index (κ3) is 5.33. The summed E-state index contributed by atoms with van der Waals surface area (Å²) in [4.78, 5) is 30.7. The molecule has 0 N–H and O–H groups in total. The maximum Gasteiger partial charge on any atom is 0.344 e. The largest absolute Gasteiger partial charge is 0.466 e. The van der Waals surface area contributed by atoms with Gasteiger partial charge in [0.25, 0.3) is 0 Å². The number of cyclic esters (lactones) is 3. The first-order chi connectivity index (χ1) is 7.68. The Kier molecular flexibility index (Phi) is 5.31. The monoisotopic (exact) mass is 230 g/mol. The number of esters is 3. The predicted molar refractivity (Wildman–Crippen MR) is 51.3 cm³/mol. The summed E-state index contributed by atoms with van der Waals surface area (Å²) < 4.78 is 13.3. The van der Waals surface area contributed by atoms with Crippen LogP contribution in [-0.4, -0.2) is 37.7 Å². The van der Waals surface area contributed by atoms with E-state index in [-0.39, 0.29) is 19.2 Å². The van der Waals surface area contributed by atoms with E-state index in [0.29, 0.717) is 13.0 Å². The van der Waals surface area contributed by atoms with Crippen molar-refractivity contribution in [2.45, 2.75) is 25.7 Å². The molecule has 0 amide bonds. The molecule has 2 fully saturated rings. The maximum atomic E-state index is 10.5. The summed E-state index contributed by atoms with van der Waals surface area (Å²) in [5.74, 6) is -0.989. The Bertz CT molecular complexity index is 234. The van der Waals surface area contributed by atoms with Gasteiger partial charge in [-0.3, -0.25) is 4.79 Å². The van der Waals surface area contributed by atoms with Gasteiger partial charge in [-0.05, 0) is 19.3 Å². The molecule has 0 spiro atoms. The zero-order valence-electron chi connectivity index (χ0n) is 8.90. The van der Waals surface area contributed by atoms with Crippen LogP contribution < -0.4 is 0 Å². The molecule has 0 bridgehead atoms. The molecule has 2 aliphatic heterocycles. The molecular weight excluding hydrogens is 216 g/mol. The number of ether oxygens (including phenoxy) is 3. The fourth-order valence-corrected chi connectivity index (χ4v) is 1.17. The van der Waals surface area contributed by atoms with Gasteiger partial charge in [-0.1, -0.05) is 0 Å². The Morgan fingerprint density at radius 2 is 1.31 bits per heavy atom. The van der Waals surface area contributed by atoms with Crippen molar-refractivity contribution < 1.29 is 28.6 Å². The van der Waals surface area contributed by atoms with E-state index in [1.807, 2.05) is 0 Å². The van der Waals surface area contributed by atoms with E-state index >= 15 is 0 Å². The molecule has 0 aromatic rings. The number of hydrogen-bond acceptors (Lipinski definition) is 6. The quantitative estimate of drug-likeness (QED) is 0.436. The second-order valence-corrected chi connectivity index (χ2v) is 3.35. The topological polar surface area (TPSA) is 78.9 Å². The molecular formula is C10H14O6. The average Bonchev–Trinajstić information content (AvgIpc) is 2.51. The molecule has 0 aromatic heterocycles. The van der Waals surface area contributed by atoms with Gasteiger partial charge >= 0.3 is 17.9 Å². The lowest BCUT2D eigenvalue weighted by Crippen LogP contribution is -2.27. The lowest BCUT2D eigenvalue weighted by molar-refractivity contribution is -0.174. The average molecular weight is 230 g/mol. The van der Waals surface area contributed by atoms with Crippen LogP contribution in [0, 0.1) is 0 Å². The van der Waals surface area contributed by atoms with Crippen LogP contribution in [0.4, 0.5) is 0 Å². The van der Waals surface area contributed by atoms with E-state index < -0.39 is 11.9 Å². The van der Waals surface area contributed by atoms with Crippen molar-refractivity contribution in [3.8, 4) is 0 Å². The van der Waals surface area contributed by atoms with Gasteiger partial charge < -0.3 is 14.2 Å². The highest BCUT2D eigenvalue weighted by atomic mass is 16.6. The summed E-state index contributed by atoms with van der Waals surface area (Å²) in [7, 11) is 0. The molecule has 90 valence electrons. The molecule has 6 heteroatoms. The number of carbonyl (C=O) groups is 3. The Morgan fingerprint density at radius 1 is 0.688 bits per heavy atom. The third-order valence-electron chi connectivity index (χ3n) is 1.99. The van der Waals surface area contributed by atoms with E-state index in [1.54, 1.807) is 0 Å². The highest BCUT2D eigenvalue weighted by Crippen LogP contribution is 2.06. The summed E-state index contributed by atoms with van der Waals surface area (Å²) in [6.07, 6.45) is 3.83. The van der Waals surface area contributed by atoms with Gasteiger partial charge in [0.05, 0.1) is 6.61 Å². The van der Waals surface area contributed by atoms with E-state index in [0.717, 1.165) is 19.3 Å². The number of carbonyl (C=O) groups excluding carboxylic acids is 3. The van der Waals surface area contributed by atoms with Crippen LogP contribution in [-0.2, 0) is 28.6 Å². The van der Waals surface area contributed by atoms with E-state index in [4.69, 9.17) is 4.74 Å². The van der Waals surface area contributed by atoms with Crippen LogP contribution in [0.1, 0.15) is 25.7 Å². The Morgan fingerprint density at radius 3 is 1.88 bits per heavy atom. The van der Waals surface area contributed by atoms with Crippen molar-refractivity contribution in [1.82, 2.24) is 0 Å². The summed E-state index contributed by atoms with van der Waals surface area (Å²) in [6.45, 7) is 0.163. The minimum Gasteiger partial charge on any atom is -0.466 e. The zero-order chi connectivity index (χ0) is 11.8. The van der Waals surface area contributed by atoms with Gasteiger partial charge in [-0.2, -0.15) is 0 Å². The summed E-state index contributed by atoms with van der Waals surface area (Å²) >= 11 is 0. The molecule has 2 rings (SSSR count). The van der Waals surface area contributed by atoms with Gasteiger partial charge in [-0.25, -0.2) is 9.59 Å². The lowest BCUT2D eigenvalue weighted by Gasteiger charge is -2.09. The molecule has 0 saturated carbocycles. The minimum absolute atomic E-state index is 0.0255. The molecule has 0 radical (unpaired) electrons. The second-order valence-electron chi connectivity index (χ2n) is 3.35. The molecule has 0 aromatic carbocycles. The maximum absolute atomic E-state index is 10.5. The zero-order valence-corrected chi connectivity index (χ0v) is 8.90. The van der Waals surface area contributed by atoms with Crippen LogP contribution in [0.15, 0.2) is 0 Å². The van der Waals surface area contributed by atoms with Crippen molar-refractivity contribution in [3.05, 3.63) is 0 Å². The van der Waals surface area contributed by atoms with E-state index in [2.05, 4.69) is 9.47 Å². The van der Waals surface area contributed by atoms with E-state index in [9.17, 15) is 14.4 Å².